The van der Waals surface area contributed by atoms with Crippen LogP contribution >= 0.6 is 0 Å². The van der Waals surface area contributed by atoms with Crippen molar-refractivity contribution in [3.8, 4) is 0 Å². The summed E-state index contributed by atoms with van der Waals surface area (Å²) in [5.74, 6) is -2.03. The van der Waals surface area contributed by atoms with Gasteiger partial charge in [-0.3, -0.25) is 14.7 Å². The molecule has 1 atom stereocenters. The summed E-state index contributed by atoms with van der Waals surface area (Å²) in [7, 11) is 0. The van der Waals surface area contributed by atoms with Crippen LogP contribution in [0.4, 0.5) is 25.0 Å². The SMILES string of the molecule is [C-]#[N+][C@@H]1CN(c2ccc(F)c(F)c2)C(=O)N1c1cncc2ccccc12. The fourth-order valence-corrected chi connectivity index (χ4v) is 3.10. The molecule has 2 amide bonds. The number of urea groups is 1. The fraction of sp³-hybridized carbons (Fsp3) is 0.105. The third-order valence-electron chi connectivity index (χ3n) is 4.35. The Morgan fingerprint density at radius 2 is 1.92 bits per heavy atom. The zero-order valence-electron chi connectivity index (χ0n) is 13.4. The fourth-order valence-electron chi connectivity index (χ4n) is 3.10. The number of fused-ring (bicyclic) bond motifs is 1. The number of amides is 2. The number of hydrogen-bond acceptors (Lipinski definition) is 2. The van der Waals surface area contributed by atoms with Crippen LogP contribution in [0, 0.1) is 18.2 Å². The number of benzene rings is 2. The first-order valence-corrected chi connectivity index (χ1v) is 7.85. The molecule has 1 saturated heterocycles. The Hall–Kier alpha value is -3.53. The molecular weight excluding hydrogens is 338 g/mol. The highest BCUT2D eigenvalue weighted by Gasteiger charge is 2.44. The van der Waals surface area contributed by atoms with E-state index in [1.165, 1.54) is 22.1 Å². The number of carbonyl (C=O) groups excluding carboxylic acids is 1. The summed E-state index contributed by atoms with van der Waals surface area (Å²) in [6.07, 6.45) is 2.43. The quantitative estimate of drug-likeness (QED) is 0.650. The van der Waals surface area contributed by atoms with E-state index in [0.29, 0.717) is 5.69 Å². The Morgan fingerprint density at radius 3 is 2.69 bits per heavy atom. The van der Waals surface area contributed by atoms with Gasteiger partial charge in [0.25, 0.3) is 0 Å². The highest BCUT2D eigenvalue weighted by molar-refractivity contribution is 6.11. The van der Waals surface area contributed by atoms with E-state index in [4.69, 9.17) is 6.57 Å². The van der Waals surface area contributed by atoms with Crippen LogP contribution in [0.25, 0.3) is 15.6 Å². The summed E-state index contributed by atoms with van der Waals surface area (Å²) in [5.41, 5.74) is 0.720. The van der Waals surface area contributed by atoms with Crippen LogP contribution in [0.5, 0.6) is 0 Å². The number of halogens is 2. The van der Waals surface area contributed by atoms with Gasteiger partial charge in [-0.2, -0.15) is 0 Å². The maximum Gasteiger partial charge on any atom is 0.335 e. The number of rotatable bonds is 2. The van der Waals surface area contributed by atoms with Crippen LogP contribution in [0.3, 0.4) is 0 Å². The lowest BCUT2D eigenvalue weighted by molar-refractivity contribution is 0.255. The van der Waals surface area contributed by atoms with E-state index in [0.717, 1.165) is 22.9 Å². The lowest BCUT2D eigenvalue weighted by Crippen LogP contribution is -2.34. The van der Waals surface area contributed by atoms with E-state index in [1.54, 1.807) is 6.20 Å². The smallest absolute Gasteiger partial charge is 0.287 e. The van der Waals surface area contributed by atoms with Gasteiger partial charge in [0, 0.05) is 28.7 Å². The molecule has 1 aliphatic rings. The van der Waals surface area contributed by atoms with E-state index < -0.39 is 23.8 Å². The summed E-state index contributed by atoms with van der Waals surface area (Å²) in [5, 5.41) is 1.63. The highest BCUT2D eigenvalue weighted by atomic mass is 19.2. The molecule has 0 unspecified atom stereocenters. The molecule has 2 aromatic carbocycles. The first-order chi connectivity index (χ1) is 12.6. The van der Waals surface area contributed by atoms with Gasteiger partial charge in [-0.15, -0.1) is 0 Å². The summed E-state index contributed by atoms with van der Waals surface area (Å²) in [6.45, 7) is 7.51. The molecule has 2 heterocycles. The molecule has 0 spiro atoms. The maximum absolute atomic E-state index is 13.6. The molecule has 7 heteroatoms. The monoisotopic (exact) mass is 350 g/mol. The second-order valence-corrected chi connectivity index (χ2v) is 5.85. The van der Waals surface area contributed by atoms with E-state index in [2.05, 4.69) is 9.83 Å². The minimum Gasteiger partial charge on any atom is -0.287 e. The Bertz CT molecular complexity index is 1060. The summed E-state index contributed by atoms with van der Waals surface area (Å²) in [4.78, 5) is 23.3. The highest BCUT2D eigenvalue weighted by Crippen LogP contribution is 2.34. The van der Waals surface area contributed by atoms with Crippen LogP contribution in [0.2, 0.25) is 0 Å². The average Bonchev–Trinajstić information content (AvgIpc) is 3.00. The third-order valence-corrected chi connectivity index (χ3v) is 4.35. The first kappa shape index (κ1) is 16.0. The van der Waals surface area contributed by atoms with Crippen molar-refractivity contribution in [3.05, 3.63) is 77.9 Å². The molecule has 0 N–H and O–H groups in total. The predicted octanol–water partition coefficient (Wildman–Crippen LogP) is 4.20. The van der Waals surface area contributed by atoms with Gasteiger partial charge in [0.2, 0.25) is 0 Å². The minimum absolute atomic E-state index is 0.0522. The Labute approximate surface area is 147 Å². The summed E-state index contributed by atoms with van der Waals surface area (Å²) < 4.78 is 26.8. The third kappa shape index (κ3) is 2.43. The van der Waals surface area contributed by atoms with Crippen molar-refractivity contribution in [2.75, 3.05) is 16.3 Å². The van der Waals surface area contributed by atoms with E-state index >= 15 is 0 Å². The molecule has 0 aliphatic carbocycles. The molecule has 128 valence electrons. The standard InChI is InChI=1S/C19H12F2N4O/c1-22-18-11-24(13-6-7-15(20)16(21)8-13)19(26)25(18)17-10-23-9-12-4-2-3-5-14(12)17/h2-10,18H,11H2/t18-/m0/s1. The van der Waals surface area contributed by atoms with Gasteiger partial charge in [-0.1, -0.05) is 24.3 Å². The van der Waals surface area contributed by atoms with Crippen molar-refractivity contribution in [2.45, 2.75) is 6.17 Å². The zero-order chi connectivity index (χ0) is 18.3. The largest absolute Gasteiger partial charge is 0.335 e. The normalized spacial score (nSPS) is 17.0. The van der Waals surface area contributed by atoms with Crippen molar-refractivity contribution >= 4 is 28.2 Å². The van der Waals surface area contributed by atoms with Crippen molar-refractivity contribution in [3.63, 3.8) is 0 Å². The first-order valence-electron chi connectivity index (χ1n) is 7.85. The number of nitrogens with zero attached hydrogens (tertiary/aromatic N) is 4. The zero-order valence-corrected chi connectivity index (χ0v) is 13.4. The molecule has 0 bridgehead atoms. The number of aromatic nitrogens is 1. The molecule has 5 nitrogen and oxygen atoms in total. The molecule has 0 saturated carbocycles. The molecule has 1 fully saturated rings. The Morgan fingerprint density at radius 1 is 1.12 bits per heavy atom. The van der Waals surface area contributed by atoms with Crippen LogP contribution < -0.4 is 9.80 Å². The molecule has 26 heavy (non-hydrogen) atoms. The van der Waals surface area contributed by atoms with Gasteiger partial charge in [-0.05, 0) is 12.1 Å². The average molecular weight is 350 g/mol. The second kappa shape index (κ2) is 6.08. The number of hydrogen-bond donors (Lipinski definition) is 0. The lowest BCUT2D eigenvalue weighted by atomic mass is 10.1. The van der Waals surface area contributed by atoms with Gasteiger partial charge in [0.15, 0.2) is 11.6 Å². The minimum atomic E-state index is -1.04. The van der Waals surface area contributed by atoms with Crippen LogP contribution in [-0.2, 0) is 0 Å². The molecule has 1 aromatic heterocycles. The topological polar surface area (TPSA) is 40.8 Å². The van der Waals surface area contributed by atoms with Gasteiger partial charge >= 0.3 is 12.2 Å². The van der Waals surface area contributed by atoms with Crippen molar-refractivity contribution in [1.29, 1.82) is 0 Å². The van der Waals surface area contributed by atoms with Gasteiger partial charge in [0.05, 0.1) is 11.9 Å². The van der Waals surface area contributed by atoms with E-state index in [9.17, 15) is 13.6 Å². The predicted molar refractivity (Wildman–Crippen MR) is 93.7 cm³/mol. The lowest BCUT2D eigenvalue weighted by Gasteiger charge is -2.19. The number of anilines is 2. The van der Waals surface area contributed by atoms with Gasteiger partial charge < -0.3 is 0 Å². The van der Waals surface area contributed by atoms with Crippen molar-refractivity contribution in [2.24, 2.45) is 0 Å². The van der Waals surface area contributed by atoms with Gasteiger partial charge in [0.1, 0.15) is 6.54 Å². The Balaban J connectivity index is 1.80. The molecule has 3 aromatic rings. The van der Waals surface area contributed by atoms with Gasteiger partial charge in [-0.25, -0.2) is 25.0 Å². The number of carbonyl (C=O) groups is 1. The molecule has 1 aliphatic heterocycles. The van der Waals surface area contributed by atoms with E-state index in [1.807, 2.05) is 24.3 Å². The molecule has 0 radical (unpaired) electrons. The number of pyridine rings is 1. The van der Waals surface area contributed by atoms with Crippen molar-refractivity contribution in [1.82, 2.24) is 4.98 Å². The summed E-state index contributed by atoms with van der Waals surface area (Å²) >= 11 is 0. The van der Waals surface area contributed by atoms with E-state index in [-0.39, 0.29) is 12.2 Å². The summed E-state index contributed by atoms with van der Waals surface area (Å²) in [6, 6.07) is 10.2. The van der Waals surface area contributed by atoms with Crippen LogP contribution in [-0.4, -0.2) is 23.7 Å². The maximum atomic E-state index is 13.6. The van der Waals surface area contributed by atoms with Crippen LogP contribution in [0.1, 0.15) is 0 Å². The molecule has 4 rings (SSSR count). The van der Waals surface area contributed by atoms with Crippen LogP contribution in [0.15, 0.2) is 54.9 Å². The van der Waals surface area contributed by atoms with Crippen molar-refractivity contribution < 1.29 is 13.6 Å². The molecular formula is C19H12F2N4O. The Kier molecular flexibility index (Phi) is 3.73. The second-order valence-electron chi connectivity index (χ2n) is 5.85.